The second-order valence-corrected chi connectivity index (χ2v) is 8.34. The molecule has 1 atom stereocenters. The molecule has 0 bridgehead atoms. The average Bonchev–Trinajstić information content (AvgIpc) is 2.83. The normalized spacial score (nSPS) is 11.4. The number of ether oxygens (including phenoxy) is 1. The molecule has 0 fully saturated rings. The monoisotopic (exact) mass is 448 g/mol. The lowest BCUT2D eigenvalue weighted by atomic mass is 10.0. The van der Waals surface area contributed by atoms with Crippen LogP contribution in [0.2, 0.25) is 0 Å². The Morgan fingerprint density at radius 1 is 0.969 bits per heavy atom. The molecule has 0 aromatic heterocycles. The van der Waals surface area contributed by atoms with Gasteiger partial charge in [0.15, 0.2) is 0 Å². The first kappa shape index (κ1) is 23.4. The number of hydrogen-bond acceptors (Lipinski definition) is 4. The first-order valence-electron chi connectivity index (χ1n) is 10.5. The summed E-state index contributed by atoms with van der Waals surface area (Å²) in [5, 5.41) is 5.84. The number of carbonyl (C=O) groups is 2. The summed E-state index contributed by atoms with van der Waals surface area (Å²) in [6, 6.07) is 24.0. The number of benzene rings is 3. The molecule has 0 radical (unpaired) electrons. The van der Waals surface area contributed by atoms with Gasteiger partial charge in [-0.05, 0) is 54.3 Å². The van der Waals surface area contributed by atoms with Crippen LogP contribution in [0.5, 0.6) is 5.75 Å². The standard InChI is InChI=1S/C26H28N2O3S/c1-31-24-14-13-22(18-21(24)17-19-9-5-3-6-10-19)27-26(30)23(15-16-32-2)28-25(29)20-11-7-4-8-12-20/h3-14,18,23H,15-17H2,1-2H3,(H,27,30)(H,28,29). The number of amides is 2. The molecule has 0 spiro atoms. The van der Waals surface area contributed by atoms with E-state index in [0.29, 0.717) is 24.1 Å². The van der Waals surface area contributed by atoms with E-state index in [1.807, 2.05) is 48.7 Å². The predicted octanol–water partition coefficient (Wildman–Crippen LogP) is 4.78. The highest BCUT2D eigenvalue weighted by Gasteiger charge is 2.21. The van der Waals surface area contributed by atoms with Crippen LogP contribution in [-0.2, 0) is 11.2 Å². The number of anilines is 1. The van der Waals surface area contributed by atoms with Gasteiger partial charge in [0.1, 0.15) is 11.8 Å². The molecule has 2 N–H and O–H groups in total. The van der Waals surface area contributed by atoms with Gasteiger partial charge in [0.2, 0.25) is 5.91 Å². The van der Waals surface area contributed by atoms with E-state index in [-0.39, 0.29) is 11.8 Å². The quantitative estimate of drug-likeness (QED) is 0.469. The lowest BCUT2D eigenvalue weighted by Gasteiger charge is -2.19. The average molecular weight is 449 g/mol. The van der Waals surface area contributed by atoms with Gasteiger partial charge in [-0.1, -0.05) is 48.5 Å². The van der Waals surface area contributed by atoms with Gasteiger partial charge in [0.05, 0.1) is 7.11 Å². The summed E-state index contributed by atoms with van der Waals surface area (Å²) in [5.74, 6) is 1.03. The molecule has 6 heteroatoms. The summed E-state index contributed by atoms with van der Waals surface area (Å²) in [6.45, 7) is 0. The Hall–Kier alpha value is -3.25. The van der Waals surface area contributed by atoms with Gasteiger partial charge in [0, 0.05) is 23.2 Å². The van der Waals surface area contributed by atoms with Crippen LogP contribution in [0, 0.1) is 0 Å². The highest BCUT2D eigenvalue weighted by molar-refractivity contribution is 7.98. The van der Waals surface area contributed by atoms with Crippen molar-refractivity contribution in [2.45, 2.75) is 18.9 Å². The van der Waals surface area contributed by atoms with Crippen LogP contribution in [0.25, 0.3) is 0 Å². The summed E-state index contributed by atoms with van der Waals surface area (Å²) in [6.07, 6.45) is 3.21. The number of hydrogen-bond donors (Lipinski definition) is 2. The van der Waals surface area contributed by atoms with E-state index < -0.39 is 6.04 Å². The molecule has 0 saturated heterocycles. The largest absolute Gasteiger partial charge is 0.496 e. The Balaban J connectivity index is 1.74. The number of nitrogens with one attached hydrogen (secondary N) is 2. The highest BCUT2D eigenvalue weighted by Crippen LogP contribution is 2.25. The van der Waals surface area contributed by atoms with Crippen molar-refractivity contribution in [3.8, 4) is 5.75 Å². The van der Waals surface area contributed by atoms with Gasteiger partial charge in [-0.2, -0.15) is 11.8 Å². The molecule has 1 unspecified atom stereocenters. The Morgan fingerprint density at radius 2 is 1.66 bits per heavy atom. The lowest BCUT2D eigenvalue weighted by molar-refractivity contribution is -0.118. The van der Waals surface area contributed by atoms with Crippen LogP contribution in [0.15, 0.2) is 78.9 Å². The first-order chi connectivity index (χ1) is 15.6. The van der Waals surface area contributed by atoms with Gasteiger partial charge < -0.3 is 15.4 Å². The molecule has 0 aliphatic heterocycles. The molecule has 32 heavy (non-hydrogen) atoms. The third kappa shape index (κ3) is 6.62. The van der Waals surface area contributed by atoms with Crippen molar-refractivity contribution < 1.29 is 14.3 Å². The lowest BCUT2D eigenvalue weighted by Crippen LogP contribution is -2.44. The van der Waals surface area contributed by atoms with Crippen LogP contribution in [0.3, 0.4) is 0 Å². The zero-order valence-corrected chi connectivity index (χ0v) is 19.2. The van der Waals surface area contributed by atoms with Crippen LogP contribution >= 0.6 is 11.8 Å². The smallest absolute Gasteiger partial charge is 0.251 e. The summed E-state index contributed by atoms with van der Waals surface area (Å²) in [7, 11) is 1.64. The van der Waals surface area contributed by atoms with Crippen LogP contribution < -0.4 is 15.4 Å². The minimum absolute atomic E-state index is 0.237. The number of rotatable bonds is 10. The van der Waals surface area contributed by atoms with E-state index in [1.54, 1.807) is 43.1 Å². The maximum atomic E-state index is 13.0. The van der Waals surface area contributed by atoms with Crippen LogP contribution in [0.4, 0.5) is 5.69 Å². The fourth-order valence-corrected chi connectivity index (χ4v) is 3.85. The molecular weight excluding hydrogens is 420 g/mol. The van der Waals surface area contributed by atoms with E-state index in [0.717, 1.165) is 22.6 Å². The van der Waals surface area contributed by atoms with E-state index >= 15 is 0 Å². The van der Waals surface area contributed by atoms with Crippen molar-refractivity contribution in [1.29, 1.82) is 0 Å². The van der Waals surface area contributed by atoms with Gasteiger partial charge in [-0.3, -0.25) is 9.59 Å². The summed E-state index contributed by atoms with van der Waals surface area (Å²) < 4.78 is 5.51. The molecule has 3 aromatic carbocycles. The van der Waals surface area contributed by atoms with Crippen molar-refractivity contribution in [3.63, 3.8) is 0 Å². The molecule has 3 rings (SSSR count). The Morgan fingerprint density at radius 3 is 2.31 bits per heavy atom. The fraction of sp³-hybridized carbons (Fsp3) is 0.231. The van der Waals surface area contributed by atoms with E-state index in [1.165, 1.54) is 0 Å². The second kappa shape index (κ2) is 12.0. The van der Waals surface area contributed by atoms with Crippen molar-refractivity contribution in [2.24, 2.45) is 0 Å². The fourth-order valence-electron chi connectivity index (χ4n) is 3.38. The maximum Gasteiger partial charge on any atom is 0.251 e. The zero-order valence-electron chi connectivity index (χ0n) is 18.3. The van der Waals surface area contributed by atoms with Crippen molar-refractivity contribution in [2.75, 3.05) is 24.4 Å². The van der Waals surface area contributed by atoms with E-state index in [2.05, 4.69) is 22.8 Å². The number of carbonyl (C=O) groups excluding carboxylic acids is 2. The van der Waals surface area contributed by atoms with Crippen molar-refractivity contribution in [3.05, 3.63) is 95.6 Å². The Bertz CT molecular complexity index is 1030. The predicted molar refractivity (Wildman–Crippen MR) is 132 cm³/mol. The minimum atomic E-state index is -0.630. The summed E-state index contributed by atoms with van der Waals surface area (Å²) in [4.78, 5) is 25.6. The van der Waals surface area contributed by atoms with Gasteiger partial charge in [0.25, 0.3) is 5.91 Å². The number of thioether (sulfide) groups is 1. The molecule has 0 aliphatic rings. The van der Waals surface area contributed by atoms with Gasteiger partial charge in [-0.15, -0.1) is 0 Å². The van der Waals surface area contributed by atoms with Gasteiger partial charge >= 0.3 is 0 Å². The van der Waals surface area contributed by atoms with E-state index in [4.69, 9.17) is 4.74 Å². The first-order valence-corrected chi connectivity index (χ1v) is 11.9. The molecule has 0 saturated carbocycles. The molecule has 0 aliphatic carbocycles. The van der Waals surface area contributed by atoms with Crippen molar-refractivity contribution >= 4 is 29.3 Å². The highest BCUT2D eigenvalue weighted by atomic mass is 32.2. The van der Waals surface area contributed by atoms with Crippen LogP contribution in [0.1, 0.15) is 27.9 Å². The van der Waals surface area contributed by atoms with E-state index in [9.17, 15) is 9.59 Å². The molecule has 5 nitrogen and oxygen atoms in total. The van der Waals surface area contributed by atoms with Gasteiger partial charge in [-0.25, -0.2) is 0 Å². The molecule has 0 heterocycles. The molecule has 166 valence electrons. The third-order valence-electron chi connectivity index (χ3n) is 5.05. The summed E-state index contributed by atoms with van der Waals surface area (Å²) in [5.41, 5.74) is 3.33. The maximum absolute atomic E-state index is 13.0. The molecule has 3 aromatic rings. The summed E-state index contributed by atoms with van der Waals surface area (Å²) >= 11 is 1.64. The topological polar surface area (TPSA) is 67.4 Å². The van der Waals surface area contributed by atoms with Crippen LogP contribution in [-0.4, -0.2) is 37.0 Å². The third-order valence-corrected chi connectivity index (χ3v) is 5.70. The zero-order chi connectivity index (χ0) is 22.8. The Kier molecular flexibility index (Phi) is 8.75. The SMILES string of the molecule is COc1ccc(NC(=O)C(CCSC)NC(=O)c2ccccc2)cc1Cc1ccccc1. The minimum Gasteiger partial charge on any atom is -0.496 e. The van der Waals surface area contributed by atoms with Crippen molar-refractivity contribution in [1.82, 2.24) is 5.32 Å². The molecular formula is C26H28N2O3S. The second-order valence-electron chi connectivity index (χ2n) is 7.35. The number of methoxy groups -OCH3 is 1. The molecule has 2 amide bonds. The Labute approximate surface area is 193 Å².